The molecule has 0 aliphatic carbocycles. The predicted octanol–water partition coefficient (Wildman–Crippen LogP) is 6.81. The number of carbonyl (C=O) groups excluding carboxylic acids is 1. The molecule has 1 amide bonds. The van der Waals surface area contributed by atoms with Crippen molar-refractivity contribution in [3.8, 4) is 0 Å². The molecule has 31 heavy (non-hydrogen) atoms. The van der Waals surface area contributed by atoms with E-state index in [1.54, 1.807) is 11.3 Å². The summed E-state index contributed by atoms with van der Waals surface area (Å²) in [6, 6.07) is 22.7. The van der Waals surface area contributed by atoms with E-state index < -0.39 is 0 Å². The molecule has 1 aromatic heterocycles. The molecular weight excluding hydrogens is 400 g/mol. The van der Waals surface area contributed by atoms with Gasteiger partial charge in [0.05, 0.1) is 23.2 Å². The van der Waals surface area contributed by atoms with E-state index in [1.165, 1.54) is 11.1 Å². The first-order chi connectivity index (χ1) is 14.9. The zero-order valence-electron chi connectivity index (χ0n) is 18.6. The first-order valence-corrected chi connectivity index (χ1v) is 11.5. The Balaban J connectivity index is 1.74. The van der Waals surface area contributed by atoms with Crippen molar-refractivity contribution >= 4 is 32.6 Å². The number of hydrogen-bond donors (Lipinski definition) is 0. The minimum absolute atomic E-state index is 0.0720. The molecule has 0 aliphatic heterocycles. The summed E-state index contributed by atoms with van der Waals surface area (Å²) in [7, 11) is 0. The highest BCUT2D eigenvalue weighted by molar-refractivity contribution is 7.22. The number of benzene rings is 3. The van der Waals surface area contributed by atoms with Gasteiger partial charge in [0.1, 0.15) is 0 Å². The molecule has 4 rings (SSSR count). The molecule has 0 unspecified atom stereocenters. The van der Waals surface area contributed by atoms with Gasteiger partial charge in [-0.05, 0) is 48.1 Å². The molecule has 0 atom stereocenters. The van der Waals surface area contributed by atoms with Gasteiger partial charge >= 0.3 is 0 Å². The van der Waals surface area contributed by atoms with E-state index in [-0.39, 0.29) is 5.91 Å². The van der Waals surface area contributed by atoms with Crippen molar-refractivity contribution in [2.45, 2.75) is 46.6 Å². The largest absolute Gasteiger partial charge is 0.283 e. The summed E-state index contributed by atoms with van der Waals surface area (Å²) >= 11 is 1.60. The summed E-state index contributed by atoms with van der Waals surface area (Å²) in [5.74, 6) is 0.453. The number of carbonyl (C=O) groups is 1. The Kier molecular flexibility index (Phi) is 6.19. The molecule has 0 bridgehead atoms. The topological polar surface area (TPSA) is 33.2 Å². The Hall–Kier alpha value is -2.98. The summed E-state index contributed by atoms with van der Waals surface area (Å²) in [6.07, 6.45) is 0.368. The fourth-order valence-electron chi connectivity index (χ4n) is 3.82. The number of fused-ring (bicyclic) bond motifs is 1. The van der Waals surface area contributed by atoms with Crippen molar-refractivity contribution in [1.29, 1.82) is 0 Å². The fraction of sp³-hybridized carbons (Fsp3) is 0.259. The van der Waals surface area contributed by atoms with Crippen molar-refractivity contribution in [1.82, 2.24) is 4.98 Å². The monoisotopic (exact) mass is 428 g/mol. The molecule has 0 fully saturated rings. The number of rotatable bonds is 6. The van der Waals surface area contributed by atoms with Crippen LogP contribution < -0.4 is 4.90 Å². The van der Waals surface area contributed by atoms with Crippen LogP contribution in [0.25, 0.3) is 10.2 Å². The van der Waals surface area contributed by atoms with Crippen LogP contribution in [0.15, 0.2) is 66.7 Å². The van der Waals surface area contributed by atoms with Crippen LogP contribution in [0.4, 0.5) is 5.13 Å². The Bertz CT molecular complexity index is 1210. The standard InChI is InChI=1S/C27H28N2OS/c1-18(2)23-11-8-12-24-26(23)28-27(31-24)29(17-21-9-6-5-7-10-21)25(30)16-22-15-19(3)13-14-20(22)4/h5-15,18H,16-17H2,1-4H3. The Morgan fingerprint density at radius 2 is 1.77 bits per heavy atom. The third-order valence-corrected chi connectivity index (χ3v) is 6.67. The van der Waals surface area contributed by atoms with Gasteiger partial charge in [-0.15, -0.1) is 0 Å². The van der Waals surface area contributed by atoms with Gasteiger partial charge in [-0.1, -0.05) is 91.4 Å². The summed E-state index contributed by atoms with van der Waals surface area (Å²) < 4.78 is 1.12. The van der Waals surface area contributed by atoms with Crippen molar-refractivity contribution < 1.29 is 4.79 Å². The SMILES string of the molecule is Cc1ccc(C)c(CC(=O)N(Cc2ccccc2)c2nc3c(C(C)C)cccc3s2)c1. The zero-order chi connectivity index (χ0) is 22.0. The molecule has 4 heteroatoms. The lowest BCUT2D eigenvalue weighted by atomic mass is 10.0. The van der Waals surface area contributed by atoms with E-state index >= 15 is 0 Å². The highest BCUT2D eigenvalue weighted by Crippen LogP contribution is 2.34. The fourth-order valence-corrected chi connectivity index (χ4v) is 4.83. The highest BCUT2D eigenvalue weighted by atomic mass is 32.1. The van der Waals surface area contributed by atoms with Crippen LogP contribution in [0.5, 0.6) is 0 Å². The zero-order valence-corrected chi connectivity index (χ0v) is 19.4. The molecule has 0 aliphatic rings. The average Bonchev–Trinajstić information content (AvgIpc) is 3.19. The van der Waals surface area contributed by atoms with Crippen LogP contribution >= 0.6 is 11.3 Å². The number of para-hydroxylation sites is 1. The number of aryl methyl sites for hydroxylation is 2. The number of anilines is 1. The van der Waals surface area contributed by atoms with Crippen molar-refractivity contribution in [2.24, 2.45) is 0 Å². The van der Waals surface area contributed by atoms with E-state index in [0.29, 0.717) is 18.9 Å². The molecule has 0 N–H and O–H groups in total. The van der Waals surface area contributed by atoms with Gasteiger partial charge in [0.2, 0.25) is 5.91 Å². The molecule has 0 radical (unpaired) electrons. The smallest absolute Gasteiger partial charge is 0.233 e. The number of hydrogen-bond acceptors (Lipinski definition) is 3. The lowest BCUT2D eigenvalue weighted by Gasteiger charge is -2.21. The molecular formula is C27H28N2OS. The highest BCUT2D eigenvalue weighted by Gasteiger charge is 2.22. The third-order valence-electron chi connectivity index (χ3n) is 5.62. The maximum Gasteiger partial charge on any atom is 0.233 e. The molecule has 4 aromatic rings. The van der Waals surface area contributed by atoms with Gasteiger partial charge in [-0.3, -0.25) is 9.69 Å². The molecule has 3 nitrogen and oxygen atoms in total. The van der Waals surface area contributed by atoms with E-state index in [1.807, 2.05) is 23.1 Å². The maximum absolute atomic E-state index is 13.6. The number of aromatic nitrogens is 1. The van der Waals surface area contributed by atoms with Crippen LogP contribution in [0.3, 0.4) is 0 Å². The lowest BCUT2D eigenvalue weighted by molar-refractivity contribution is -0.118. The molecule has 0 saturated carbocycles. The van der Waals surface area contributed by atoms with Crippen molar-refractivity contribution in [2.75, 3.05) is 4.90 Å². The Morgan fingerprint density at radius 1 is 1.00 bits per heavy atom. The number of nitrogens with zero attached hydrogens (tertiary/aromatic N) is 2. The predicted molar refractivity (Wildman–Crippen MR) is 131 cm³/mol. The van der Waals surface area contributed by atoms with Crippen LogP contribution in [0.2, 0.25) is 0 Å². The number of thiazole rings is 1. The Labute approximate surface area is 188 Å². The van der Waals surface area contributed by atoms with Crippen LogP contribution in [0, 0.1) is 13.8 Å². The quantitative estimate of drug-likeness (QED) is 0.338. The first-order valence-electron chi connectivity index (χ1n) is 10.7. The van der Waals surface area contributed by atoms with Crippen molar-refractivity contribution in [3.05, 3.63) is 94.5 Å². The van der Waals surface area contributed by atoms with Gasteiger partial charge in [0, 0.05) is 0 Å². The minimum atomic E-state index is 0.0720. The number of amides is 1. The van der Waals surface area contributed by atoms with Crippen LogP contribution in [-0.4, -0.2) is 10.9 Å². The summed E-state index contributed by atoms with van der Waals surface area (Å²) in [5, 5.41) is 0.766. The van der Waals surface area contributed by atoms with Crippen molar-refractivity contribution in [3.63, 3.8) is 0 Å². The minimum Gasteiger partial charge on any atom is -0.283 e. The van der Waals surface area contributed by atoms with E-state index in [2.05, 4.69) is 76.2 Å². The van der Waals surface area contributed by atoms with E-state index in [4.69, 9.17) is 4.98 Å². The average molecular weight is 429 g/mol. The summed E-state index contributed by atoms with van der Waals surface area (Å²) in [6.45, 7) is 9.01. The van der Waals surface area contributed by atoms with Gasteiger partial charge in [0.15, 0.2) is 5.13 Å². The van der Waals surface area contributed by atoms with E-state index in [9.17, 15) is 4.79 Å². The third kappa shape index (κ3) is 4.70. The molecule has 1 heterocycles. The second kappa shape index (κ2) is 9.03. The Morgan fingerprint density at radius 3 is 2.52 bits per heavy atom. The van der Waals surface area contributed by atoms with Crippen LogP contribution in [-0.2, 0) is 17.8 Å². The summed E-state index contributed by atoms with van der Waals surface area (Å²) in [5.41, 5.74) is 6.72. The normalized spacial score (nSPS) is 11.3. The second-order valence-electron chi connectivity index (χ2n) is 8.42. The molecule has 0 spiro atoms. The van der Waals surface area contributed by atoms with E-state index in [0.717, 1.165) is 32.0 Å². The first kappa shape index (κ1) is 21.3. The lowest BCUT2D eigenvalue weighted by Crippen LogP contribution is -2.32. The summed E-state index contributed by atoms with van der Waals surface area (Å²) in [4.78, 5) is 20.4. The van der Waals surface area contributed by atoms with Gasteiger partial charge < -0.3 is 0 Å². The van der Waals surface area contributed by atoms with Crippen LogP contribution in [0.1, 0.15) is 47.6 Å². The van der Waals surface area contributed by atoms with Gasteiger partial charge in [-0.25, -0.2) is 4.98 Å². The van der Waals surface area contributed by atoms with Gasteiger partial charge in [-0.2, -0.15) is 0 Å². The maximum atomic E-state index is 13.6. The molecule has 0 saturated heterocycles. The molecule has 158 valence electrons. The second-order valence-corrected chi connectivity index (χ2v) is 9.43. The molecule has 3 aromatic carbocycles. The van der Waals surface area contributed by atoms with Gasteiger partial charge in [0.25, 0.3) is 0 Å².